The predicted molar refractivity (Wildman–Crippen MR) is 220 cm³/mol. The van der Waals surface area contributed by atoms with E-state index in [1.165, 1.54) is 186 Å². The second-order valence-corrected chi connectivity index (χ2v) is 19.1. The van der Waals surface area contributed by atoms with Gasteiger partial charge in [-0.1, -0.05) is 136 Å². The molecule has 7 heteroatoms. The fourth-order valence-corrected chi connectivity index (χ4v) is 10.5. The third-order valence-corrected chi connectivity index (χ3v) is 13.7. The summed E-state index contributed by atoms with van der Waals surface area (Å²) in [7, 11) is 0. The molecule has 0 N–H and O–H groups in total. The van der Waals surface area contributed by atoms with Crippen LogP contribution >= 0.6 is 0 Å². The number of rotatable bonds is 26. The Morgan fingerprint density at radius 2 is 0.882 bits per heavy atom. The standard InChI is InChI=1S/C12H22N2.2C12H24O2.2C4H9.Sn/c1-2-7-11-14(10-6-1)12-8-4-3-5-9-13-12;2*1-2-3-4-5-6-7-8-9-10-11-12(13)14;2*1-3-4-2;/h1-11H2;2*2-11H2,1H3,(H,13,14);2*1,3-4H2,2H3;/q;;;;;+2/p-2. The van der Waals surface area contributed by atoms with Crippen LogP contribution in [0.1, 0.15) is 233 Å². The fraction of sp³-hybridized carbons (Fsp3) is 0.932. The van der Waals surface area contributed by atoms with E-state index in [0.29, 0.717) is 0 Å². The first-order valence-corrected chi connectivity index (χ1v) is 26.3. The number of carbonyl (C=O) groups excluding carboxylic acids is 2. The maximum atomic E-state index is 10.1. The third kappa shape index (κ3) is 45.3. The van der Waals surface area contributed by atoms with Crippen LogP contribution in [0.2, 0.25) is 8.87 Å². The predicted octanol–water partition coefficient (Wildman–Crippen LogP) is 11.3. The van der Waals surface area contributed by atoms with Crippen molar-refractivity contribution in [3.05, 3.63) is 0 Å². The quantitative estimate of drug-likeness (QED) is 0.0639. The molecule has 0 aromatic rings. The first kappa shape index (κ1) is 52.3. The second-order valence-electron chi connectivity index (χ2n) is 14.9. The number of carboxylic acid groups (broad SMARTS) is 2. The molecule has 0 aromatic heterocycles. The van der Waals surface area contributed by atoms with E-state index in [-0.39, 0.29) is 34.0 Å². The van der Waals surface area contributed by atoms with Gasteiger partial charge in [0, 0.05) is 38.0 Å². The molecular formula is C44H86N2O4Sn. The van der Waals surface area contributed by atoms with Crippen molar-refractivity contribution in [2.24, 2.45) is 4.99 Å². The van der Waals surface area contributed by atoms with Crippen molar-refractivity contribution in [3.63, 3.8) is 0 Å². The summed E-state index contributed by atoms with van der Waals surface area (Å²) < 4.78 is 3.25. The Morgan fingerprint density at radius 3 is 1.27 bits per heavy atom. The van der Waals surface area contributed by atoms with Gasteiger partial charge in [0.1, 0.15) is 0 Å². The molecule has 0 saturated carbocycles. The minimum absolute atomic E-state index is 0.149. The van der Waals surface area contributed by atoms with Crippen LogP contribution in [0.15, 0.2) is 4.99 Å². The van der Waals surface area contributed by atoms with Gasteiger partial charge >= 0.3 is 69.5 Å². The van der Waals surface area contributed by atoms with Crippen LogP contribution in [-0.2, 0) is 9.59 Å². The summed E-state index contributed by atoms with van der Waals surface area (Å²) in [6.07, 6.45) is 39.0. The van der Waals surface area contributed by atoms with Crippen LogP contribution < -0.4 is 10.2 Å². The van der Waals surface area contributed by atoms with E-state index in [2.05, 4.69) is 32.6 Å². The fourth-order valence-electron chi connectivity index (χ4n) is 6.33. The Labute approximate surface area is 328 Å². The van der Waals surface area contributed by atoms with E-state index < -0.39 is 11.9 Å². The van der Waals surface area contributed by atoms with Crippen molar-refractivity contribution in [1.29, 1.82) is 0 Å². The molecule has 1 saturated heterocycles. The number of amidine groups is 1. The van der Waals surface area contributed by atoms with Crippen LogP contribution in [0.3, 0.4) is 0 Å². The van der Waals surface area contributed by atoms with Gasteiger partial charge in [0.2, 0.25) is 0 Å². The minimum atomic E-state index is -0.909. The van der Waals surface area contributed by atoms with Gasteiger partial charge in [0.15, 0.2) is 0 Å². The zero-order valence-corrected chi connectivity index (χ0v) is 37.5. The van der Waals surface area contributed by atoms with Crippen LogP contribution in [0.25, 0.3) is 0 Å². The molecule has 1 fully saturated rings. The summed E-state index contributed by atoms with van der Waals surface area (Å²) in [4.78, 5) is 27.5. The second kappa shape index (κ2) is 45.4. The van der Waals surface area contributed by atoms with Crippen molar-refractivity contribution in [2.45, 2.75) is 242 Å². The number of carbonyl (C=O) groups is 2. The van der Waals surface area contributed by atoms with Gasteiger partial charge in [-0.15, -0.1) is 0 Å². The van der Waals surface area contributed by atoms with Gasteiger partial charge in [-0.3, -0.25) is 4.99 Å². The molecular weight excluding hydrogens is 739 g/mol. The molecule has 0 bridgehead atoms. The van der Waals surface area contributed by atoms with Crippen LogP contribution in [0.4, 0.5) is 0 Å². The molecule has 300 valence electrons. The summed E-state index contributed by atoms with van der Waals surface area (Å²) in [6.45, 7) is 12.6. The molecule has 51 heavy (non-hydrogen) atoms. The number of aliphatic carboxylic acids is 2. The number of hydrogen-bond donors (Lipinski definition) is 0. The van der Waals surface area contributed by atoms with E-state index in [9.17, 15) is 19.8 Å². The van der Waals surface area contributed by atoms with Crippen molar-refractivity contribution < 1.29 is 19.8 Å². The Kier molecular flexibility index (Phi) is 46.5. The molecule has 0 atom stereocenters. The monoisotopic (exact) mass is 827 g/mol. The van der Waals surface area contributed by atoms with Crippen LogP contribution in [0.5, 0.6) is 0 Å². The Hall–Kier alpha value is -0.791. The molecule has 0 unspecified atom stereocenters. The Morgan fingerprint density at radius 1 is 0.510 bits per heavy atom. The normalized spacial score (nSPS) is 14.2. The third-order valence-electron chi connectivity index (χ3n) is 9.71. The van der Waals surface area contributed by atoms with Gasteiger partial charge < -0.3 is 24.7 Å². The molecule has 0 aromatic carbocycles. The van der Waals surface area contributed by atoms with Gasteiger partial charge in [-0.05, 0) is 51.4 Å². The molecule has 0 amide bonds. The van der Waals surface area contributed by atoms with E-state index in [4.69, 9.17) is 4.99 Å². The van der Waals surface area contributed by atoms with Crippen molar-refractivity contribution >= 4 is 38.9 Å². The molecule has 0 radical (unpaired) electrons. The Bertz CT molecular complexity index is 703. The summed E-state index contributed by atoms with van der Waals surface area (Å²) in [5, 5.41) is 20.2. The summed E-state index contributed by atoms with van der Waals surface area (Å²) in [5.41, 5.74) is 0. The first-order chi connectivity index (χ1) is 24.9. The van der Waals surface area contributed by atoms with Crippen molar-refractivity contribution in [3.8, 4) is 0 Å². The first-order valence-electron chi connectivity index (χ1n) is 22.3. The van der Waals surface area contributed by atoms with E-state index in [0.717, 1.165) is 32.2 Å². The van der Waals surface area contributed by atoms with E-state index in [1.54, 1.807) is 8.87 Å². The van der Waals surface area contributed by atoms with Gasteiger partial charge in [-0.2, -0.15) is 0 Å². The molecule has 2 aliphatic heterocycles. The topological polar surface area (TPSA) is 95.9 Å². The number of likely N-dealkylation sites (tertiary alicyclic amines) is 1. The molecule has 0 spiro atoms. The molecule has 2 rings (SSSR count). The average molecular weight is 826 g/mol. The number of carboxylic acids is 2. The molecule has 2 aliphatic rings. The van der Waals surface area contributed by atoms with Crippen molar-refractivity contribution in [2.75, 3.05) is 19.6 Å². The number of unbranched alkanes of at least 4 members (excludes halogenated alkanes) is 18. The van der Waals surface area contributed by atoms with Gasteiger partial charge in [-0.25, -0.2) is 0 Å². The van der Waals surface area contributed by atoms with E-state index in [1.807, 2.05) is 0 Å². The SMILES string of the molecule is C1CCN=C(N2CCCCCC2)CC1.CCCCCCCCCCCC(=O)[O-].CCCCCCCCCCCC(=O)[O-].CCC[CH2][Sn+2][CH2]CCC. The van der Waals surface area contributed by atoms with Crippen LogP contribution in [-0.4, -0.2) is 63.5 Å². The molecule has 2 heterocycles. The molecule has 6 nitrogen and oxygen atoms in total. The zero-order chi connectivity index (χ0) is 37.9. The molecule has 0 aliphatic carbocycles. The average Bonchev–Trinajstić information content (AvgIpc) is 3.57. The van der Waals surface area contributed by atoms with Crippen LogP contribution in [0, 0.1) is 0 Å². The van der Waals surface area contributed by atoms with Gasteiger partial charge in [0.05, 0.1) is 5.84 Å². The number of hydrogen-bond acceptors (Lipinski definition) is 6. The van der Waals surface area contributed by atoms with E-state index >= 15 is 0 Å². The Balaban J connectivity index is 0. The summed E-state index contributed by atoms with van der Waals surface area (Å²) >= 11 is 0.149. The van der Waals surface area contributed by atoms with Gasteiger partial charge in [0.25, 0.3) is 0 Å². The maximum absolute atomic E-state index is 10.1. The number of aliphatic imine (C=N–C) groups is 1. The summed E-state index contributed by atoms with van der Waals surface area (Å²) in [5.74, 6) is -0.398. The zero-order valence-electron chi connectivity index (χ0n) is 34.7. The number of nitrogens with zero attached hydrogens (tertiary/aromatic N) is 2. The summed E-state index contributed by atoms with van der Waals surface area (Å²) in [6, 6.07) is 0. The van der Waals surface area contributed by atoms with Crippen molar-refractivity contribution in [1.82, 2.24) is 4.90 Å².